The number of methoxy groups -OCH3 is 2. The number of aryl methyl sites for hydroxylation is 5. The van der Waals surface area contributed by atoms with E-state index in [4.69, 9.17) is 19.4 Å². The van der Waals surface area contributed by atoms with E-state index in [0.717, 1.165) is 44.8 Å². The van der Waals surface area contributed by atoms with Gasteiger partial charge in [0.1, 0.15) is 13.3 Å². The summed E-state index contributed by atoms with van der Waals surface area (Å²) in [6, 6.07) is 10.1. The zero-order valence-corrected chi connectivity index (χ0v) is 37.1. The minimum atomic E-state index is -5.95. The predicted molar refractivity (Wildman–Crippen MR) is 227 cm³/mol. The molecule has 0 spiro atoms. The average Bonchev–Trinajstić information content (AvgIpc) is 3.68. The second-order valence-corrected chi connectivity index (χ2v) is 17.3. The lowest BCUT2D eigenvalue weighted by molar-refractivity contribution is -0.0501. The van der Waals surface area contributed by atoms with Crippen molar-refractivity contribution >= 4 is 32.2 Å². The Labute approximate surface area is 353 Å². The number of fused-ring (bicyclic) bond motifs is 2. The van der Waals surface area contributed by atoms with Crippen LogP contribution in [0, 0.1) is 34.6 Å². The monoisotopic (exact) mass is 872 g/mol. The number of aromatic nitrogens is 6. The Morgan fingerprint density at radius 1 is 0.639 bits per heavy atom. The van der Waals surface area contributed by atoms with Gasteiger partial charge in [0.15, 0.2) is 0 Å². The van der Waals surface area contributed by atoms with Crippen LogP contribution in [0.15, 0.2) is 48.8 Å². The van der Waals surface area contributed by atoms with Crippen LogP contribution in [0.2, 0.25) is 0 Å². The van der Waals surface area contributed by atoms with Gasteiger partial charge in [0.05, 0.1) is 64.3 Å². The molecule has 11 nitrogen and oxygen atoms in total. The minimum Gasteiger partial charge on any atom is -0.382 e. The summed E-state index contributed by atoms with van der Waals surface area (Å²) < 4.78 is 108. The SMILES string of the molecule is COCC(CF)n1cc(C)c2nc(-c3ccc(C(C)C)nc3C)c(C)cc21.COCC(CF)n1cc(C)c2nc(-c3ccc(C(C)C)nc3OS(=O)(=O)C(F)(F)F)c(C)cc21. The van der Waals surface area contributed by atoms with Gasteiger partial charge in [-0.3, -0.25) is 4.98 Å². The molecule has 330 valence electrons. The highest BCUT2D eigenvalue weighted by molar-refractivity contribution is 7.88. The summed E-state index contributed by atoms with van der Waals surface area (Å²) in [6.45, 7) is 16.6. The molecule has 6 aromatic rings. The fourth-order valence-electron chi connectivity index (χ4n) is 7.11. The third kappa shape index (κ3) is 9.89. The number of pyridine rings is 4. The van der Waals surface area contributed by atoms with Crippen LogP contribution in [-0.2, 0) is 19.6 Å². The van der Waals surface area contributed by atoms with Crippen molar-refractivity contribution in [2.45, 2.75) is 91.7 Å². The topological polar surface area (TPSA) is 123 Å². The summed E-state index contributed by atoms with van der Waals surface area (Å²) in [5.74, 6) is -0.517. The van der Waals surface area contributed by atoms with Gasteiger partial charge in [0.25, 0.3) is 0 Å². The molecule has 0 saturated heterocycles. The molecule has 17 heteroatoms. The molecule has 0 bridgehead atoms. The molecular formula is C44H53F5N6O5S. The van der Waals surface area contributed by atoms with Crippen LogP contribution in [0.4, 0.5) is 22.0 Å². The van der Waals surface area contributed by atoms with Crippen molar-refractivity contribution < 1.29 is 44.0 Å². The van der Waals surface area contributed by atoms with Crippen molar-refractivity contribution in [2.24, 2.45) is 0 Å². The highest BCUT2D eigenvalue weighted by Gasteiger charge is 2.49. The Kier molecular flexibility index (Phi) is 14.6. The standard InChI is InChI=1S/C22H25F4N3O4S.C22H28FN3O/c1-12(2)17-7-6-16(21(27-17)33-34(30,31)22(24,25)26)19-13(3)8-18-20(28-19)14(4)10-29(18)15(9-23)11-32-5;1-13(2)19-8-7-18(16(5)24-19)21-14(3)9-20-22(25-21)15(4)11-26(20)17(10-23)12-27-6/h6-8,10,12,15H,9,11H2,1-5H3;7-9,11,13,17H,10,12H2,1-6H3. The van der Waals surface area contributed by atoms with E-state index in [2.05, 4.69) is 46.2 Å². The lowest BCUT2D eigenvalue weighted by atomic mass is 10.0. The molecule has 0 aromatic carbocycles. The third-order valence-electron chi connectivity index (χ3n) is 10.4. The molecule has 6 heterocycles. The molecule has 0 saturated carbocycles. The highest BCUT2D eigenvalue weighted by atomic mass is 32.2. The first-order chi connectivity index (χ1) is 28.7. The molecule has 0 radical (unpaired) electrons. The van der Waals surface area contributed by atoms with Gasteiger partial charge in [0.2, 0.25) is 5.88 Å². The molecule has 0 aliphatic heterocycles. The number of ether oxygens (including phenoxy) is 2. The quantitative estimate of drug-likeness (QED) is 0.0598. The molecule has 2 atom stereocenters. The van der Waals surface area contributed by atoms with Crippen LogP contribution in [0.3, 0.4) is 0 Å². The van der Waals surface area contributed by atoms with E-state index in [-0.39, 0.29) is 29.8 Å². The zero-order valence-electron chi connectivity index (χ0n) is 36.3. The van der Waals surface area contributed by atoms with Crippen molar-refractivity contribution in [3.8, 4) is 28.4 Å². The van der Waals surface area contributed by atoms with Crippen LogP contribution in [0.1, 0.15) is 91.0 Å². The summed E-state index contributed by atoms with van der Waals surface area (Å²) in [6.07, 6.45) is 3.69. The van der Waals surface area contributed by atoms with Crippen LogP contribution >= 0.6 is 0 Å². The molecule has 0 aliphatic carbocycles. The van der Waals surface area contributed by atoms with Crippen molar-refractivity contribution in [3.63, 3.8) is 0 Å². The van der Waals surface area contributed by atoms with Gasteiger partial charge in [-0.25, -0.2) is 23.7 Å². The first kappa shape index (κ1) is 47.1. The maximum absolute atomic E-state index is 13.6. The highest BCUT2D eigenvalue weighted by Crippen LogP contribution is 2.37. The molecule has 0 fully saturated rings. The molecule has 2 unspecified atom stereocenters. The predicted octanol–water partition coefficient (Wildman–Crippen LogP) is 10.5. The maximum Gasteiger partial charge on any atom is 0.534 e. The Hall–Kier alpha value is -5.00. The molecule has 61 heavy (non-hydrogen) atoms. The molecule has 6 rings (SSSR count). The van der Waals surface area contributed by atoms with Gasteiger partial charge in [-0.1, -0.05) is 27.7 Å². The van der Waals surface area contributed by atoms with Gasteiger partial charge < -0.3 is 22.8 Å². The van der Waals surface area contributed by atoms with Crippen molar-refractivity contribution in [3.05, 3.63) is 88.1 Å². The van der Waals surface area contributed by atoms with Crippen molar-refractivity contribution in [2.75, 3.05) is 40.8 Å². The number of halogens is 5. The maximum atomic E-state index is 13.6. The van der Waals surface area contributed by atoms with E-state index in [1.807, 2.05) is 31.5 Å². The van der Waals surface area contributed by atoms with E-state index in [1.165, 1.54) is 13.2 Å². The van der Waals surface area contributed by atoms with Gasteiger partial charge in [0, 0.05) is 49.3 Å². The van der Waals surface area contributed by atoms with Gasteiger partial charge >= 0.3 is 15.6 Å². The summed E-state index contributed by atoms with van der Waals surface area (Å²) in [4.78, 5) is 18.3. The normalized spacial score (nSPS) is 13.3. The van der Waals surface area contributed by atoms with E-state index in [0.29, 0.717) is 40.4 Å². The van der Waals surface area contributed by atoms with Crippen LogP contribution in [-0.4, -0.2) is 83.8 Å². The van der Waals surface area contributed by atoms with Gasteiger partial charge in [-0.05, 0) is 105 Å². The number of hydrogen-bond acceptors (Lipinski definition) is 9. The summed E-state index contributed by atoms with van der Waals surface area (Å²) >= 11 is 0. The van der Waals surface area contributed by atoms with Crippen LogP contribution < -0.4 is 4.18 Å². The second-order valence-electron chi connectivity index (χ2n) is 15.8. The van der Waals surface area contributed by atoms with E-state index >= 15 is 0 Å². The second kappa shape index (κ2) is 18.9. The van der Waals surface area contributed by atoms with Gasteiger partial charge in [-0.2, -0.15) is 21.6 Å². The molecule has 0 amide bonds. The molecule has 0 N–H and O–H groups in total. The smallest absolute Gasteiger partial charge is 0.382 e. The Morgan fingerprint density at radius 3 is 1.46 bits per heavy atom. The largest absolute Gasteiger partial charge is 0.534 e. The van der Waals surface area contributed by atoms with Crippen molar-refractivity contribution in [1.29, 1.82) is 0 Å². The molecule has 6 aromatic heterocycles. The molecule has 0 aliphatic rings. The zero-order chi connectivity index (χ0) is 45.1. The number of rotatable bonds is 14. The Balaban J connectivity index is 0.000000237. The van der Waals surface area contributed by atoms with E-state index in [9.17, 15) is 30.4 Å². The first-order valence-corrected chi connectivity index (χ1v) is 21.2. The fourth-order valence-corrected chi connectivity index (χ4v) is 7.54. The van der Waals surface area contributed by atoms with E-state index < -0.39 is 40.9 Å². The Morgan fingerprint density at radius 2 is 1.07 bits per heavy atom. The van der Waals surface area contributed by atoms with Crippen molar-refractivity contribution in [1.82, 2.24) is 29.1 Å². The van der Waals surface area contributed by atoms with E-state index in [1.54, 1.807) is 57.7 Å². The lowest BCUT2D eigenvalue weighted by Crippen LogP contribution is -2.28. The van der Waals surface area contributed by atoms with Gasteiger partial charge in [-0.15, -0.1) is 0 Å². The lowest BCUT2D eigenvalue weighted by Gasteiger charge is -2.17. The summed E-state index contributed by atoms with van der Waals surface area (Å²) in [7, 11) is -2.89. The van der Waals surface area contributed by atoms with Crippen LogP contribution in [0.5, 0.6) is 5.88 Å². The minimum absolute atomic E-state index is 0.0114. The average molecular weight is 873 g/mol. The molecular weight excluding hydrogens is 820 g/mol. The number of hydrogen-bond donors (Lipinski definition) is 0. The summed E-state index contributed by atoms with van der Waals surface area (Å²) in [5.41, 5.74) is 5.19. The van der Waals surface area contributed by atoms with Crippen LogP contribution in [0.25, 0.3) is 44.6 Å². The summed E-state index contributed by atoms with van der Waals surface area (Å²) in [5, 5.41) is 0. The number of alkyl halides is 5. The fraction of sp³-hybridized carbons (Fsp3) is 0.455. The third-order valence-corrected chi connectivity index (χ3v) is 11.3. The first-order valence-electron chi connectivity index (χ1n) is 19.7. The Bertz CT molecular complexity index is 2620. The number of nitrogens with zero attached hydrogens (tertiary/aromatic N) is 6.